The molecule has 2 N–H and O–H groups in total. The van der Waals surface area contributed by atoms with Gasteiger partial charge >= 0.3 is 0 Å². The molecule has 0 unspecified atom stereocenters. The Labute approximate surface area is 142 Å². The fourth-order valence-electron chi connectivity index (χ4n) is 2.33. The Morgan fingerprint density at radius 1 is 1.30 bits per heavy atom. The zero-order valence-corrected chi connectivity index (χ0v) is 14.2. The van der Waals surface area contributed by atoms with Gasteiger partial charge in [0, 0.05) is 18.5 Å². The van der Waals surface area contributed by atoms with Crippen LogP contribution in [0.3, 0.4) is 0 Å². The molecule has 1 heterocycles. The van der Waals surface area contributed by atoms with Crippen LogP contribution in [-0.2, 0) is 6.42 Å². The molecule has 3 aromatic rings. The molecule has 6 heteroatoms. The van der Waals surface area contributed by atoms with E-state index in [-0.39, 0.29) is 5.91 Å². The number of aromatic amines is 1. The van der Waals surface area contributed by atoms with Gasteiger partial charge in [-0.3, -0.25) is 4.79 Å². The summed E-state index contributed by atoms with van der Waals surface area (Å²) in [6, 6.07) is 13.1. The summed E-state index contributed by atoms with van der Waals surface area (Å²) < 4.78 is 5.91. The molecule has 0 aliphatic carbocycles. The van der Waals surface area contributed by atoms with Crippen molar-refractivity contribution < 1.29 is 9.53 Å². The molecule has 0 aliphatic rings. The van der Waals surface area contributed by atoms with Crippen molar-refractivity contribution in [1.82, 2.24) is 15.3 Å². The van der Waals surface area contributed by atoms with Crippen molar-refractivity contribution >= 4 is 32.9 Å². The number of rotatable bonds is 5. The quantitative estimate of drug-likeness (QED) is 0.720. The normalized spacial score (nSPS) is 10.7. The fraction of sp³-hybridized carbons (Fsp3) is 0.176. The van der Waals surface area contributed by atoms with Gasteiger partial charge in [-0.25, -0.2) is 4.98 Å². The number of hydrogen-bond acceptors (Lipinski definition) is 3. The van der Waals surface area contributed by atoms with Gasteiger partial charge in [-0.1, -0.05) is 12.1 Å². The number of ether oxygens (including phenoxy) is 1. The lowest BCUT2D eigenvalue weighted by Crippen LogP contribution is -2.25. The standard InChI is InChI=1S/C17H16BrN3O2/c1-23-15-7-6-11(10-12(15)18)17(22)19-9-8-16-20-13-4-2-3-5-14(13)21-16/h2-7,10H,8-9H2,1H3,(H,19,22)(H,20,21). The summed E-state index contributed by atoms with van der Waals surface area (Å²) in [7, 11) is 1.59. The number of methoxy groups -OCH3 is 1. The minimum atomic E-state index is -0.121. The molecule has 1 aromatic heterocycles. The average Bonchev–Trinajstić information content (AvgIpc) is 2.97. The number of carbonyl (C=O) groups is 1. The molecule has 0 aliphatic heterocycles. The Bertz CT molecular complexity index is 812. The van der Waals surface area contributed by atoms with Gasteiger partial charge < -0.3 is 15.0 Å². The van der Waals surface area contributed by atoms with Crippen LogP contribution < -0.4 is 10.1 Å². The number of H-pyrrole nitrogens is 1. The molecule has 118 valence electrons. The number of para-hydroxylation sites is 2. The molecule has 5 nitrogen and oxygen atoms in total. The molecule has 2 aromatic carbocycles. The summed E-state index contributed by atoms with van der Waals surface area (Å²) in [5.74, 6) is 1.44. The second kappa shape index (κ2) is 6.83. The number of amides is 1. The molecule has 0 spiro atoms. The monoisotopic (exact) mass is 373 g/mol. The summed E-state index contributed by atoms with van der Waals surface area (Å²) in [6.07, 6.45) is 0.651. The minimum Gasteiger partial charge on any atom is -0.496 e. The number of halogens is 1. The topological polar surface area (TPSA) is 67.0 Å². The minimum absolute atomic E-state index is 0.121. The van der Waals surface area contributed by atoms with Crippen molar-refractivity contribution in [3.05, 3.63) is 58.3 Å². The van der Waals surface area contributed by atoms with Crippen LogP contribution in [0.1, 0.15) is 16.2 Å². The van der Waals surface area contributed by atoms with Gasteiger partial charge in [0.25, 0.3) is 5.91 Å². The van der Waals surface area contributed by atoms with Gasteiger partial charge in [0.05, 0.1) is 22.6 Å². The van der Waals surface area contributed by atoms with E-state index in [1.54, 1.807) is 25.3 Å². The number of aromatic nitrogens is 2. The van der Waals surface area contributed by atoms with Gasteiger partial charge in [-0.2, -0.15) is 0 Å². The van der Waals surface area contributed by atoms with Crippen LogP contribution in [-0.4, -0.2) is 29.5 Å². The van der Waals surface area contributed by atoms with E-state index in [0.29, 0.717) is 24.3 Å². The van der Waals surface area contributed by atoms with Gasteiger partial charge in [0.1, 0.15) is 11.6 Å². The molecule has 0 bridgehead atoms. The Balaban J connectivity index is 1.59. The lowest BCUT2D eigenvalue weighted by Gasteiger charge is -2.07. The van der Waals surface area contributed by atoms with Crippen LogP contribution in [0.4, 0.5) is 0 Å². The third kappa shape index (κ3) is 3.53. The first kappa shape index (κ1) is 15.6. The van der Waals surface area contributed by atoms with E-state index in [0.717, 1.165) is 21.3 Å². The van der Waals surface area contributed by atoms with Gasteiger partial charge in [0.2, 0.25) is 0 Å². The first-order valence-corrected chi connectivity index (χ1v) is 8.02. The summed E-state index contributed by atoms with van der Waals surface area (Å²) in [5.41, 5.74) is 2.53. The van der Waals surface area contributed by atoms with E-state index < -0.39 is 0 Å². The smallest absolute Gasteiger partial charge is 0.251 e. The molecule has 3 rings (SSSR count). The number of carbonyl (C=O) groups excluding carboxylic acids is 1. The third-order valence-electron chi connectivity index (χ3n) is 3.50. The molecular formula is C17H16BrN3O2. The number of hydrogen-bond donors (Lipinski definition) is 2. The Kier molecular flexibility index (Phi) is 4.62. The molecule has 0 atom stereocenters. The number of benzene rings is 2. The first-order chi connectivity index (χ1) is 11.2. The maximum absolute atomic E-state index is 12.2. The van der Waals surface area contributed by atoms with Gasteiger partial charge in [0.15, 0.2) is 0 Å². The lowest BCUT2D eigenvalue weighted by molar-refractivity contribution is 0.0954. The van der Waals surface area contributed by atoms with Crippen molar-refractivity contribution in [3.63, 3.8) is 0 Å². The number of fused-ring (bicyclic) bond motifs is 1. The van der Waals surface area contributed by atoms with Crippen molar-refractivity contribution in [2.24, 2.45) is 0 Å². The molecule has 0 radical (unpaired) electrons. The summed E-state index contributed by atoms with van der Waals surface area (Å²) in [4.78, 5) is 19.9. The molecule has 0 fully saturated rings. The van der Waals surface area contributed by atoms with Gasteiger partial charge in [-0.15, -0.1) is 0 Å². The third-order valence-corrected chi connectivity index (χ3v) is 4.12. The van der Waals surface area contributed by atoms with Crippen LogP contribution in [0.25, 0.3) is 11.0 Å². The highest BCUT2D eigenvalue weighted by Gasteiger charge is 2.09. The second-order valence-electron chi connectivity index (χ2n) is 5.06. The van der Waals surface area contributed by atoms with Crippen molar-refractivity contribution in [2.75, 3.05) is 13.7 Å². The maximum Gasteiger partial charge on any atom is 0.251 e. The van der Waals surface area contributed by atoms with E-state index in [1.807, 2.05) is 24.3 Å². The highest BCUT2D eigenvalue weighted by molar-refractivity contribution is 9.10. The molecule has 1 amide bonds. The largest absolute Gasteiger partial charge is 0.496 e. The predicted molar refractivity (Wildman–Crippen MR) is 92.8 cm³/mol. The Morgan fingerprint density at radius 2 is 2.13 bits per heavy atom. The SMILES string of the molecule is COc1ccc(C(=O)NCCc2nc3ccccc3[nH]2)cc1Br. The summed E-state index contributed by atoms with van der Waals surface area (Å²) >= 11 is 3.38. The summed E-state index contributed by atoms with van der Waals surface area (Å²) in [5, 5.41) is 2.90. The number of imidazole rings is 1. The predicted octanol–water partition coefficient (Wildman–Crippen LogP) is 3.31. The van der Waals surface area contributed by atoms with Crippen LogP contribution in [0.2, 0.25) is 0 Å². The van der Waals surface area contributed by atoms with Gasteiger partial charge in [-0.05, 0) is 46.3 Å². The highest BCUT2D eigenvalue weighted by atomic mass is 79.9. The van der Waals surface area contributed by atoms with E-state index >= 15 is 0 Å². The zero-order valence-electron chi connectivity index (χ0n) is 12.6. The van der Waals surface area contributed by atoms with Crippen LogP contribution in [0.15, 0.2) is 46.9 Å². The molecular weight excluding hydrogens is 358 g/mol. The first-order valence-electron chi connectivity index (χ1n) is 7.23. The van der Waals surface area contributed by atoms with Crippen LogP contribution >= 0.6 is 15.9 Å². The number of nitrogens with one attached hydrogen (secondary N) is 2. The Morgan fingerprint density at radius 3 is 2.87 bits per heavy atom. The molecule has 0 saturated heterocycles. The molecule has 0 saturated carbocycles. The van der Waals surface area contributed by atoms with E-state index in [1.165, 1.54) is 0 Å². The summed E-state index contributed by atoms with van der Waals surface area (Å²) in [6.45, 7) is 0.516. The van der Waals surface area contributed by atoms with E-state index in [2.05, 4.69) is 31.2 Å². The van der Waals surface area contributed by atoms with Crippen molar-refractivity contribution in [3.8, 4) is 5.75 Å². The fourth-order valence-corrected chi connectivity index (χ4v) is 2.87. The molecule has 23 heavy (non-hydrogen) atoms. The van der Waals surface area contributed by atoms with E-state index in [4.69, 9.17) is 4.74 Å². The Hall–Kier alpha value is -2.34. The second-order valence-corrected chi connectivity index (χ2v) is 5.91. The zero-order chi connectivity index (χ0) is 16.2. The van der Waals surface area contributed by atoms with Crippen molar-refractivity contribution in [2.45, 2.75) is 6.42 Å². The van der Waals surface area contributed by atoms with Crippen LogP contribution in [0.5, 0.6) is 5.75 Å². The average molecular weight is 374 g/mol. The van der Waals surface area contributed by atoms with Crippen LogP contribution in [0, 0.1) is 0 Å². The highest BCUT2D eigenvalue weighted by Crippen LogP contribution is 2.25. The maximum atomic E-state index is 12.2. The number of nitrogens with zero attached hydrogens (tertiary/aromatic N) is 1. The van der Waals surface area contributed by atoms with Crippen molar-refractivity contribution in [1.29, 1.82) is 0 Å². The van der Waals surface area contributed by atoms with E-state index in [9.17, 15) is 4.79 Å². The lowest BCUT2D eigenvalue weighted by atomic mass is 10.2.